The van der Waals surface area contributed by atoms with Gasteiger partial charge in [0.15, 0.2) is 0 Å². The molecule has 1 aromatic heterocycles. The summed E-state index contributed by atoms with van der Waals surface area (Å²) in [4.78, 5) is 21.2. The molecule has 1 saturated heterocycles. The number of piperidine rings is 1. The van der Waals surface area contributed by atoms with E-state index in [4.69, 9.17) is 11.6 Å². The van der Waals surface area contributed by atoms with Gasteiger partial charge in [-0.15, -0.1) is 11.6 Å². The summed E-state index contributed by atoms with van der Waals surface area (Å²) in [6, 6.07) is 14.6. The zero-order chi connectivity index (χ0) is 18.4. The number of amides is 1. The summed E-state index contributed by atoms with van der Waals surface area (Å²) in [7, 11) is 0. The third-order valence-electron chi connectivity index (χ3n) is 4.90. The zero-order valence-electron chi connectivity index (χ0n) is 15.2. The van der Waals surface area contributed by atoms with Crippen LogP contribution < -0.4 is 0 Å². The van der Waals surface area contributed by atoms with E-state index in [-0.39, 0.29) is 11.9 Å². The van der Waals surface area contributed by atoms with Gasteiger partial charge in [-0.05, 0) is 49.6 Å². The van der Waals surface area contributed by atoms with E-state index < -0.39 is 5.38 Å². The minimum Gasteiger partial charge on any atom is -0.333 e. The largest absolute Gasteiger partial charge is 0.333 e. The van der Waals surface area contributed by atoms with Crippen molar-refractivity contribution in [2.75, 3.05) is 13.1 Å². The first-order chi connectivity index (χ1) is 12.6. The fourth-order valence-corrected chi connectivity index (χ4v) is 3.70. The van der Waals surface area contributed by atoms with Gasteiger partial charge in [0.1, 0.15) is 5.38 Å². The molecule has 0 saturated carbocycles. The molecule has 1 aliphatic rings. The van der Waals surface area contributed by atoms with Gasteiger partial charge in [0.25, 0.3) is 0 Å². The first-order valence-corrected chi connectivity index (χ1v) is 9.67. The lowest BCUT2D eigenvalue weighted by atomic mass is 10.0. The predicted octanol–water partition coefficient (Wildman–Crippen LogP) is 3.70. The van der Waals surface area contributed by atoms with E-state index in [0.717, 1.165) is 38.0 Å². The summed E-state index contributed by atoms with van der Waals surface area (Å²) < 4.78 is 0. The van der Waals surface area contributed by atoms with Crippen molar-refractivity contribution in [2.45, 2.75) is 44.3 Å². The molecule has 2 aromatic rings. The zero-order valence-corrected chi connectivity index (χ0v) is 16.0. The van der Waals surface area contributed by atoms with Crippen LogP contribution in [0.3, 0.4) is 0 Å². The van der Waals surface area contributed by atoms with Gasteiger partial charge >= 0.3 is 0 Å². The summed E-state index contributed by atoms with van der Waals surface area (Å²) in [6.45, 7) is 5.22. The molecule has 2 heterocycles. The topological polar surface area (TPSA) is 36.4 Å². The summed E-state index contributed by atoms with van der Waals surface area (Å²) in [5, 5.41) is -0.513. The lowest BCUT2D eigenvalue weighted by Crippen LogP contribution is -2.51. The average molecular weight is 372 g/mol. The van der Waals surface area contributed by atoms with Gasteiger partial charge in [0.2, 0.25) is 5.91 Å². The maximum absolute atomic E-state index is 12.8. The molecular weight excluding hydrogens is 346 g/mol. The molecule has 3 rings (SSSR count). The molecule has 0 spiro atoms. The second kappa shape index (κ2) is 9.15. The summed E-state index contributed by atoms with van der Waals surface area (Å²) in [6.07, 6.45) is 5.65. The molecule has 1 aromatic carbocycles. The lowest BCUT2D eigenvalue weighted by Gasteiger charge is -2.40. The summed E-state index contributed by atoms with van der Waals surface area (Å²) in [5.74, 6) is 0.00930. The van der Waals surface area contributed by atoms with Crippen molar-refractivity contribution in [2.24, 2.45) is 0 Å². The maximum Gasteiger partial charge on any atom is 0.240 e. The van der Waals surface area contributed by atoms with Crippen molar-refractivity contribution in [3.05, 3.63) is 66.0 Å². The molecule has 2 unspecified atom stereocenters. The number of pyridine rings is 1. The first kappa shape index (κ1) is 18.9. The van der Waals surface area contributed by atoms with Gasteiger partial charge in [-0.3, -0.25) is 14.7 Å². The normalized spacial score (nSPS) is 19.1. The Labute approximate surface area is 160 Å². The predicted molar refractivity (Wildman–Crippen MR) is 105 cm³/mol. The highest BCUT2D eigenvalue weighted by molar-refractivity contribution is 6.30. The van der Waals surface area contributed by atoms with E-state index in [0.29, 0.717) is 6.54 Å². The van der Waals surface area contributed by atoms with Crippen LogP contribution in [0.25, 0.3) is 0 Å². The smallest absolute Gasteiger partial charge is 0.240 e. The second-order valence-corrected chi connectivity index (χ2v) is 7.61. The van der Waals surface area contributed by atoms with Crippen LogP contribution in [0, 0.1) is 0 Å². The minimum atomic E-state index is -0.513. The molecule has 1 aliphatic heterocycles. The van der Waals surface area contributed by atoms with Crippen LogP contribution >= 0.6 is 11.6 Å². The monoisotopic (exact) mass is 371 g/mol. The molecular formula is C21H26ClN3O. The Kier molecular flexibility index (Phi) is 6.64. The van der Waals surface area contributed by atoms with Crippen molar-refractivity contribution in [1.29, 1.82) is 0 Å². The molecule has 4 nitrogen and oxygen atoms in total. The highest BCUT2D eigenvalue weighted by Crippen LogP contribution is 2.21. The van der Waals surface area contributed by atoms with Crippen molar-refractivity contribution >= 4 is 17.5 Å². The van der Waals surface area contributed by atoms with Crippen LogP contribution in [0.4, 0.5) is 0 Å². The molecule has 5 heteroatoms. The molecule has 1 fully saturated rings. The molecule has 0 radical (unpaired) electrons. The van der Waals surface area contributed by atoms with E-state index in [1.165, 1.54) is 5.56 Å². The van der Waals surface area contributed by atoms with Gasteiger partial charge in [0, 0.05) is 38.1 Å². The number of aromatic nitrogens is 1. The fourth-order valence-electron chi connectivity index (χ4n) is 3.57. The number of carbonyl (C=O) groups excluding carboxylic acids is 1. The Morgan fingerprint density at radius 2 is 1.96 bits per heavy atom. The minimum absolute atomic E-state index is 0.00930. The number of hydrogen-bond donors (Lipinski definition) is 0. The van der Waals surface area contributed by atoms with Gasteiger partial charge in [-0.25, -0.2) is 0 Å². The SMILES string of the molecule is CC(Cl)C(=O)N(Cc1ccncc1)C1CCCN(Cc2ccccc2)C1. The van der Waals surface area contributed by atoms with E-state index in [1.54, 1.807) is 19.3 Å². The number of rotatable bonds is 6. The summed E-state index contributed by atoms with van der Waals surface area (Å²) >= 11 is 6.16. The van der Waals surface area contributed by atoms with Gasteiger partial charge in [-0.2, -0.15) is 0 Å². The quantitative estimate of drug-likeness (QED) is 0.726. The number of alkyl halides is 1. The van der Waals surface area contributed by atoms with Crippen molar-refractivity contribution < 1.29 is 4.79 Å². The Morgan fingerprint density at radius 1 is 1.23 bits per heavy atom. The third-order valence-corrected chi connectivity index (χ3v) is 5.08. The van der Waals surface area contributed by atoms with E-state index in [2.05, 4.69) is 34.1 Å². The maximum atomic E-state index is 12.8. The summed E-state index contributed by atoms with van der Waals surface area (Å²) in [5.41, 5.74) is 2.40. The number of halogens is 1. The highest BCUT2D eigenvalue weighted by Gasteiger charge is 2.30. The van der Waals surface area contributed by atoms with Crippen LogP contribution in [-0.2, 0) is 17.9 Å². The van der Waals surface area contributed by atoms with Crippen molar-refractivity contribution in [3.8, 4) is 0 Å². The molecule has 26 heavy (non-hydrogen) atoms. The average Bonchev–Trinajstić information content (AvgIpc) is 2.67. The Balaban J connectivity index is 1.71. The van der Waals surface area contributed by atoms with Gasteiger partial charge < -0.3 is 4.90 Å². The Bertz CT molecular complexity index is 693. The molecule has 138 valence electrons. The van der Waals surface area contributed by atoms with Crippen molar-refractivity contribution in [3.63, 3.8) is 0 Å². The van der Waals surface area contributed by atoms with E-state index in [9.17, 15) is 4.79 Å². The lowest BCUT2D eigenvalue weighted by molar-refractivity contribution is -0.134. The molecule has 0 N–H and O–H groups in total. The molecule has 0 bridgehead atoms. The highest BCUT2D eigenvalue weighted by atomic mass is 35.5. The number of likely N-dealkylation sites (tertiary alicyclic amines) is 1. The standard InChI is InChI=1S/C21H26ClN3O/c1-17(22)21(26)25(15-19-9-11-23-12-10-19)20-8-5-13-24(16-20)14-18-6-3-2-4-7-18/h2-4,6-7,9-12,17,20H,5,8,13-16H2,1H3. The van der Waals surface area contributed by atoms with Crippen LogP contribution in [0.15, 0.2) is 54.9 Å². The van der Waals surface area contributed by atoms with Crippen LogP contribution in [0.1, 0.15) is 30.9 Å². The second-order valence-electron chi connectivity index (χ2n) is 6.95. The number of nitrogens with zero attached hydrogens (tertiary/aromatic N) is 3. The third kappa shape index (κ3) is 5.05. The molecule has 1 amide bonds. The van der Waals surface area contributed by atoms with E-state index >= 15 is 0 Å². The van der Waals surface area contributed by atoms with Crippen LogP contribution in [-0.4, -0.2) is 45.2 Å². The number of hydrogen-bond acceptors (Lipinski definition) is 3. The number of benzene rings is 1. The first-order valence-electron chi connectivity index (χ1n) is 9.23. The van der Waals surface area contributed by atoms with Crippen LogP contribution in [0.5, 0.6) is 0 Å². The van der Waals surface area contributed by atoms with E-state index in [1.807, 2.05) is 23.1 Å². The number of carbonyl (C=O) groups is 1. The Morgan fingerprint density at radius 3 is 2.65 bits per heavy atom. The molecule has 0 aliphatic carbocycles. The van der Waals surface area contributed by atoms with Crippen molar-refractivity contribution in [1.82, 2.24) is 14.8 Å². The Hall–Kier alpha value is -1.91. The fraction of sp³-hybridized carbons (Fsp3) is 0.429. The van der Waals surface area contributed by atoms with Crippen LogP contribution in [0.2, 0.25) is 0 Å². The van der Waals surface area contributed by atoms with Gasteiger partial charge in [-0.1, -0.05) is 30.3 Å². The molecule has 2 atom stereocenters. The van der Waals surface area contributed by atoms with Gasteiger partial charge in [0.05, 0.1) is 0 Å².